The molecule has 0 bridgehead atoms. The van der Waals surface area contributed by atoms with Crippen molar-refractivity contribution >= 4 is 11.7 Å². The number of hydrogen-bond acceptors (Lipinski definition) is 5. The highest BCUT2D eigenvalue weighted by atomic mass is 19.1. The van der Waals surface area contributed by atoms with Crippen molar-refractivity contribution in [3.8, 4) is 5.75 Å². The second-order valence-electron chi connectivity index (χ2n) is 7.84. The van der Waals surface area contributed by atoms with E-state index < -0.39 is 23.0 Å². The molecule has 34 heavy (non-hydrogen) atoms. The molecule has 4 rings (SSSR count). The molecule has 1 amide bonds. The van der Waals surface area contributed by atoms with Crippen LogP contribution in [0.4, 0.5) is 8.78 Å². The van der Waals surface area contributed by atoms with E-state index in [0.717, 1.165) is 44.9 Å². The van der Waals surface area contributed by atoms with Crippen LogP contribution in [0.15, 0.2) is 29.2 Å². The number of benzene rings is 1. The summed E-state index contributed by atoms with van der Waals surface area (Å²) in [6.45, 7) is 4.33. The lowest BCUT2D eigenvalue weighted by Gasteiger charge is -2.36. The van der Waals surface area contributed by atoms with Gasteiger partial charge in [-0.2, -0.15) is 0 Å². The van der Waals surface area contributed by atoms with Crippen molar-refractivity contribution in [3.05, 3.63) is 63.1 Å². The lowest BCUT2D eigenvalue weighted by molar-refractivity contribution is 0.0737. The number of halogens is 2. The quantitative estimate of drug-likeness (QED) is 0.698. The van der Waals surface area contributed by atoms with Crippen LogP contribution in [0.25, 0.3) is 0 Å². The molecular weight excluding hydrogens is 446 g/mol. The van der Waals surface area contributed by atoms with Crippen molar-refractivity contribution in [2.45, 2.75) is 52.6 Å². The normalized spacial score (nSPS) is 18.3. The van der Waals surface area contributed by atoms with Gasteiger partial charge in [0, 0.05) is 43.9 Å². The Morgan fingerprint density at radius 1 is 1.18 bits per heavy atom. The number of nitrogens with one attached hydrogen (secondary N) is 1. The summed E-state index contributed by atoms with van der Waals surface area (Å²) in [5.41, 5.74) is -0.551. The van der Waals surface area contributed by atoms with Gasteiger partial charge < -0.3 is 19.7 Å². The van der Waals surface area contributed by atoms with E-state index in [9.17, 15) is 23.2 Å². The second-order valence-corrected chi connectivity index (χ2v) is 7.84. The van der Waals surface area contributed by atoms with E-state index in [0.29, 0.717) is 6.54 Å². The van der Waals surface area contributed by atoms with Crippen molar-refractivity contribution in [1.29, 1.82) is 0 Å². The van der Waals surface area contributed by atoms with Gasteiger partial charge in [-0.25, -0.2) is 8.78 Å². The van der Waals surface area contributed by atoms with Crippen LogP contribution in [-0.2, 0) is 13.1 Å². The Balaban J connectivity index is 0.000000970. The zero-order valence-electron chi connectivity index (χ0n) is 20.0. The highest BCUT2D eigenvalue weighted by molar-refractivity contribution is 6.01. The van der Waals surface area contributed by atoms with E-state index in [2.05, 4.69) is 5.32 Å². The van der Waals surface area contributed by atoms with Gasteiger partial charge in [0.2, 0.25) is 5.43 Å². The second kappa shape index (κ2) is 12.4. The van der Waals surface area contributed by atoms with Crippen LogP contribution in [0.2, 0.25) is 0 Å². The number of ether oxygens (including phenoxy) is 1. The van der Waals surface area contributed by atoms with Gasteiger partial charge in [0.05, 0.1) is 7.11 Å². The number of aliphatic hydroxyl groups is 1. The average Bonchev–Trinajstić information content (AvgIpc) is 2.86. The summed E-state index contributed by atoms with van der Waals surface area (Å²) in [5.74, 6) is -2.40. The minimum Gasteiger partial charge on any atom is -0.491 e. The molecule has 2 aliphatic rings. The van der Waals surface area contributed by atoms with Gasteiger partial charge in [0.15, 0.2) is 11.5 Å². The minimum atomic E-state index is -0.788. The number of rotatable bonds is 4. The third kappa shape index (κ3) is 5.52. The third-order valence-electron chi connectivity index (χ3n) is 6.05. The number of amides is 1. The molecular formula is C25H32F2N2O5. The van der Waals surface area contributed by atoms with Gasteiger partial charge in [-0.1, -0.05) is 32.8 Å². The van der Waals surface area contributed by atoms with E-state index in [1.54, 1.807) is 4.57 Å². The Hall–Kier alpha value is -3.07. The molecule has 2 N–H and O–H groups in total. The Morgan fingerprint density at radius 3 is 2.50 bits per heavy atom. The fourth-order valence-electron chi connectivity index (χ4n) is 4.52. The largest absolute Gasteiger partial charge is 0.491 e. The number of aliphatic hydroxyl groups excluding tert-OH is 1. The first kappa shape index (κ1) is 27.2. The Kier molecular flexibility index (Phi) is 9.92. The number of Topliss-reactive ketones (excluding diaryl/α,β-unsaturated/α-hetero) is 1. The molecule has 1 aliphatic carbocycles. The van der Waals surface area contributed by atoms with Crippen LogP contribution >= 0.6 is 0 Å². The third-order valence-corrected chi connectivity index (χ3v) is 6.05. The van der Waals surface area contributed by atoms with Gasteiger partial charge in [-0.05, 0) is 24.8 Å². The molecule has 1 aromatic carbocycles. The molecule has 0 saturated heterocycles. The highest BCUT2D eigenvalue weighted by Crippen LogP contribution is 2.38. The number of carbonyl (C=O) groups is 2. The van der Waals surface area contributed by atoms with Crippen molar-refractivity contribution < 1.29 is 28.2 Å². The smallest absolute Gasteiger partial charge is 0.257 e. The number of aromatic nitrogens is 1. The Morgan fingerprint density at radius 2 is 1.85 bits per heavy atom. The van der Waals surface area contributed by atoms with E-state index >= 15 is 0 Å². The predicted molar refractivity (Wildman–Crippen MR) is 124 cm³/mol. The first-order valence-electron chi connectivity index (χ1n) is 11.4. The summed E-state index contributed by atoms with van der Waals surface area (Å²) in [7, 11) is 2.30. The Labute approximate surface area is 197 Å². The molecule has 2 unspecified atom stereocenters. The number of carbonyl (C=O) groups excluding carboxylic acids is 2. The van der Waals surface area contributed by atoms with Crippen LogP contribution in [0.3, 0.4) is 0 Å². The molecule has 7 nitrogen and oxygen atoms in total. The van der Waals surface area contributed by atoms with E-state index in [1.165, 1.54) is 19.4 Å². The number of fused-ring (bicyclic) bond motifs is 2. The monoisotopic (exact) mass is 478 g/mol. The molecule has 1 fully saturated rings. The standard InChI is InChI=1S/C22H22F2N2O4.C2H6.CH4O/c1-30-21-18-19(27)15-5-3-2-4-13(15)10-26(18)11-16(20(21)28)22(29)25-9-12-6-7-14(23)8-17(12)24;2*1-2/h6-8,11,13,15H,2-5,9-10H2,1H3,(H,25,29);1-2H3;2H,1H3. The average molecular weight is 479 g/mol. The summed E-state index contributed by atoms with van der Waals surface area (Å²) in [6, 6.07) is 3.05. The number of hydrogen-bond donors (Lipinski definition) is 2. The lowest BCUT2D eigenvalue weighted by Crippen LogP contribution is -2.40. The van der Waals surface area contributed by atoms with Crippen molar-refractivity contribution in [2.24, 2.45) is 11.8 Å². The van der Waals surface area contributed by atoms with Gasteiger partial charge in [-0.15, -0.1) is 0 Å². The van der Waals surface area contributed by atoms with E-state index in [4.69, 9.17) is 9.84 Å². The van der Waals surface area contributed by atoms with Crippen molar-refractivity contribution in [2.75, 3.05) is 14.2 Å². The predicted octanol–water partition coefficient (Wildman–Crippen LogP) is 3.70. The van der Waals surface area contributed by atoms with Crippen molar-refractivity contribution in [1.82, 2.24) is 9.88 Å². The summed E-state index contributed by atoms with van der Waals surface area (Å²) < 4.78 is 33.7. The number of pyridine rings is 1. The maximum absolute atomic E-state index is 13.8. The van der Waals surface area contributed by atoms with Crippen molar-refractivity contribution in [3.63, 3.8) is 0 Å². The summed E-state index contributed by atoms with van der Waals surface area (Å²) >= 11 is 0. The molecule has 1 aromatic heterocycles. The number of methoxy groups -OCH3 is 1. The number of ketones is 1. The minimum absolute atomic E-state index is 0.0926. The van der Waals surface area contributed by atoms with E-state index in [1.807, 2.05) is 13.8 Å². The fourth-order valence-corrected chi connectivity index (χ4v) is 4.52. The van der Waals surface area contributed by atoms with Gasteiger partial charge >= 0.3 is 0 Å². The van der Waals surface area contributed by atoms with Crippen LogP contribution in [-0.4, -0.2) is 35.6 Å². The molecule has 2 heterocycles. The van der Waals surface area contributed by atoms with Crippen LogP contribution in [0.5, 0.6) is 5.75 Å². The summed E-state index contributed by atoms with van der Waals surface area (Å²) in [5, 5.41) is 9.49. The molecule has 0 radical (unpaired) electrons. The Bertz CT molecular complexity index is 1080. The molecule has 2 aromatic rings. The first-order valence-corrected chi connectivity index (χ1v) is 11.4. The van der Waals surface area contributed by atoms with Crippen LogP contribution in [0.1, 0.15) is 65.9 Å². The lowest BCUT2D eigenvalue weighted by atomic mass is 9.74. The van der Waals surface area contributed by atoms with E-state index in [-0.39, 0.29) is 46.7 Å². The topological polar surface area (TPSA) is 97.6 Å². The SMILES string of the molecule is CC.CO.COc1c2n(cc(C(=O)NCc3ccc(F)cc3F)c1=O)CC1CCCCC1C2=O. The number of nitrogens with zero attached hydrogens (tertiary/aromatic N) is 1. The zero-order chi connectivity index (χ0) is 25.4. The fraction of sp³-hybridized carbons (Fsp3) is 0.480. The van der Waals surface area contributed by atoms with Crippen LogP contribution < -0.4 is 15.5 Å². The molecule has 1 saturated carbocycles. The molecule has 1 aliphatic heterocycles. The van der Waals surface area contributed by atoms with Crippen LogP contribution in [0, 0.1) is 23.5 Å². The maximum atomic E-state index is 13.8. The highest BCUT2D eigenvalue weighted by Gasteiger charge is 2.40. The van der Waals surface area contributed by atoms with Gasteiger partial charge in [0.1, 0.15) is 22.9 Å². The molecule has 2 atom stereocenters. The molecule has 186 valence electrons. The molecule has 9 heteroatoms. The van der Waals surface area contributed by atoms with Gasteiger partial charge in [-0.3, -0.25) is 14.4 Å². The zero-order valence-corrected chi connectivity index (χ0v) is 20.0. The van der Waals surface area contributed by atoms with Gasteiger partial charge in [0.25, 0.3) is 5.91 Å². The maximum Gasteiger partial charge on any atom is 0.257 e. The summed E-state index contributed by atoms with van der Waals surface area (Å²) in [6.07, 6.45) is 5.15. The first-order chi connectivity index (χ1) is 16.4. The molecule has 0 spiro atoms. The summed E-state index contributed by atoms with van der Waals surface area (Å²) in [4.78, 5) is 38.6.